The smallest absolute Gasteiger partial charge is 0.198 e. The number of benzene rings is 2. The number of halogens is 2. The van der Waals surface area contributed by atoms with Crippen molar-refractivity contribution in [3.8, 4) is 0 Å². The Morgan fingerprint density at radius 2 is 1.56 bits per heavy atom. The van der Waals surface area contributed by atoms with E-state index in [9.17, 15) is 13.6 Å². The maximum atomic E-state index is 13.8. The van der Waals surface area contributed by atoms with Gasteiger partial charge in [-0.25, -0.2) is 8.78 Å². The highest BCUT2D eigenvalue weighted by Crippen LogP contribution is 2.20. The fourth-order valence-corrected chi connectivity index (χ4v) is 1.71. The quantitative estimate of drug-likeness (QED) is 0.736. The largest absolute Gasteiger partial charge is 0.288 e. The van der Waals surface area contributed by atoms with Gasteiger partial charge in [-0.3, -0.25) is 4.79 Å². The number of aryl methyl sites for hydroxylation is 2. The molecular weight excluding hydrogens is 234 g/mol. The Hall–Kier alpha value is -2.03. The van der Waals surface area contributed by atoms with E-state index in [-0.39, 0.29) is 11.1 Å². The molecule has 1 nitrogen and oxygen atoms in total. The first kappa shape index (κ1) is 12.4. The van der Waals surface area contributed by atoms with Gasteiger partial charge in [0.05, 0.1) is 5.56 Å². The highest BCUT2D eigenvalue weighted by Gasteiger charge is 2.20. The highest BCUT2D eigenvalue weighted by atomic mass is 19.1. The fraction of sp³-hybridized carbons (Fsp3) is 0.133. The van der Waals surface area contributed by atoms with Gasteiger partial charge in [0.15, 0.2) is 5.78 Å². The van der Waals surface area contributed by atoms with Crippen LogP contribution >= 0.6 is 0 Å². The molecule has 0 N–H and O–H groups in total. The number of hydrogen-bond donors (Lipinski definition) is 0. The van der Waals surface area contributed by atoms with Gasteiger partial charge in [-0.2, -0.15) is 0 Å². The Morgan fingerprint density at radius 1 is 0.944 bits per heavy atom. The van der Waals surface area contributed by atoms with Gasteiger partial charge >= 0.3 is 0 Å². The topological polar surface area (TPSA) is 17.1 Å². The summed E-state index contributed by atoms with van der Waals surface area (Å²) in [5, 5.41) is 0. The average Bonchev–Trinajstić information content (AvgIpc) is 2.35. The molecule has 0 radical (unpaired) electrons. The molecule has 0 bridgehead atoms. The van der Waals surface area contributed by atoms with E-state index in [2.05, 4.69) is 0 Å². The molecule has 0 aliphatic carbocycles. The summed E-state index contributed by atoms with van der Waals surface area (Å²) in [6, 6.07) is 9.03. The molecule has 2 aromatic rings. The second kappa shape index (κ2) is 4.69. The normalized spacial score (nSPS) is 10.4. The monoisotopic (exact) mass is 246 g/mol. The van der Waals surface area contributed by atoms with Crippen molar-refractivity contribution in [2.24, 2.45) is 0 Å². The van der Waals surface area contributed by atoms with E-state index in [4.69, 9.17) is 0 Å². The zero-order valence-corrected chi connectivity index (χ0v) is 10.1. The van der Waals surface area contributed by atoms with Crippen molar-refractivity contribution >= 4 is 5.78 Å². The maximum absolute atomic E-state index is 13.8. The van der Waals surface area contributed by atoms with Crippen LogP contribution in [0.1, 0.15) is 27.0 Å². The molecule has 0 unspecified atom stereocenters. The first-order valence-electron chi connectivity index (χ1n) is 5.56. The third-order valence-electron chi connectivity index (χ3n) is 2.83. The summed E-state index contributed by atoms with van der Waals surface area (Å²) in [4.78, 5) is 12.1. The van der Waals surface area contributed by atoms with Gasteiger partial charge in [0.2, 0.25) is 0 Å². The lowest BCUT2D eigenvalue weighted by atomic mass is 9.99. The number of ketones is 1. The fourth-order valence-electron chi connectivity index (χ4n) is 1.71. The summed E-state index contributed by atoms with van der Waals surface area (Å²) in [6.07, 6.45) is 0. The van der Waals surface area contributed by atoms with Crippen molar-refractivity contribution in [1.29, 1.82) is 0 Å². The summed E-state index contributed by atoms with van der Waals surface area (Å²) >= 11 is 0. The highest BCUT2D eigenvalue weighted by molar-refractivity contribution is 6.09. The van der Waals surface area contributed by atoms with E-state index in [0.29, 0.717) is 0 Å². The molecule has 0 amide bonds. The minimum absolute atomic E-state index is 0.256. The molecule has 0 aliphatic heterocycles. The second-order valence-electron chi connectivity index (χ2n) is 4.25. The van der Waals surface area contributed by atoms with Crippen LogP contribution in [-0.4, -0.2) is 5.78 Å². The van der Waals surface area contributed by atoms with Crippen molar-refractivity contribution in [3.05, 3.63) is 70.3 Å². The molecule has 0 saturated carbocycles. The minimum Gasteiger partial charge on any atom is -0.288 e. The van der Waals surface area contributed by atoms with E-state index in [1.807, 2.05) is 6.92 Å². The van der Waals surface area contributed by atoms with Crippen LogP contribution in [0.4, 0.5) is 8.78 Å². The SMILES string of the molecule is Cc1ccc(C(=O)c2c(F)ccc(C)c2F)cc1. The maximum Gasteiger partial charge on any atom is 0.198 e. The van der Waals surface area contributed by atoms with Crippen LogP contribution in [0.2, 0.25) is 0 Å². The summed E-state index contributed by atoms with van der Waals surface area (Å²) in [5.41, 5.74) is 1.03. The van der Waals surface area contributed by atoms with E-state index >= 15 is 0 Å². The molecule has 2 aromatic carbocycles. The lowest BCUT2D eigenvalue weighted by Gasteiger charge is -2.06. The van der Waals surface area contributed by atoms with Gasteiger partial charge in [0.1, 0.15) is 11.6 Å². The minimum atomic E-state index is -0.830. The zero-order chi connectivity index (χ0) is 13.3. The third-order valence-corrected chi connectivity index (χ3v) is 2.83. The summed E-state index contributed by atoms with van der Waals surface area (Å²) < 4.78 is 27.4. The van der Waals surface area contributed by atoms with E-state index in [1.165, 1.54) is 13.0 Å². The van der Waals surface area contributed by atoms with E-state index < -0.39 is 23.0 Å². The zero-order valence-electron chi connectivity index (χ0n) is 10.1. The van der Waals surface area contributed by atoms with Crippen molar-refractivity contribution in [2.45, 2.75) is 13.8 Å². The predicted octanol–water partition coefficient (Wildman–Crippen LogP) is 3.81. The molecule has 0 aromatic heterocycles. The van der Waals surface area contributed by atoms with Gasteiger partial charge in [0, 0.05) is 5.56 Å². The van der Waals surface area contributed by atoms with Gasteiger partial charge in [-0.15, -0.1) is 0 Å². The van der Waals surface area contributed by atoms with Crippen LogP contribution < -0.4 is 0 Å². The Labute approximate surface area is 104 Å². The molecule has 0 fully saturated rings. The van der Waals surface area contributed by atoms with Crippen molar-refractivity contribution in [3.63, 3.8) is 0 Å². The summed E-state index contributed by atoms with van der Waals surface area (Å²) in [5.74, 6) is -2.25. The van der Waals surface area contributed by atoms with Crippen LogP contribution in [0, 0.1) is 25.5 Å². The van der Waals surface area contributed by atoms with E-state index in [1.54, 1.807) is 24.3 Å². The molecule has 0 atom stereocenters. The van der Waals surface area contributed by atoms with Crippen LogP contribution in [0.15, 0.2) is 36.4 Å². The lowest BCUT2D eigenvalue weighted by Crippen LogP contribution is -2.08. The number of rotatable bonds is 2. The van der Waals surface area contributed by atoms with E-state index in [0.717, 1.165) is 11.6 Å². The average molecular weight is 246 g/mol. The summed E-state index contributed by atoms with van der Waals surface area (Å²) in [7, 11) is 0. The molecule has 92 valence electrons. The van der Waals surface area contributed by atoms with Gasteiger partial charge in [-0.05, 0) is 25.5 Å². The summed E-state index contributed by atoms with van der Waals surface area (Å²) in [6.45, 7) is 3.38. The van der Waals surface area contributed by atoms with Gasteiger partial charge < -0.3 is 0 Å². The number of carbonyl (C=O) groups excluding carboxylic acids is 1. The lowest BCUT2D eigenvalue weighted by molar-refractivity contribution is 0.103. The molecule has 2 rings (SSSR count). The first-order chi connectivity index (χ1) is 8.50. The Kier molecular flexibility index (Phi) is 3.24. The molecule has 18 heavy (non-hydrogen) atoms. The predicted molar refractivity (Wildman–Crippen MR) is 65.7 cm³/mol. The van der Waals surface area contributed by atoms with Crippen molar-refractivity contribution in [2.75, 3.05) is 0 Å². The van der Waals surface area contributed by atoms with Crippen LogP contribution in [-0.2, 0) is 0 Å². The molecule has 0 aliphatic rings. The third kappa shape index (κ3) is 2.16. The Morgan fingerprint density at radius 3 is 2.17 bits per heavy atom. The molecule has 3 heteroatoms. The molecular formula is C15H12F2O. The Balaban J connectivity index is 2.52. The van der Waals surface area contributed by atoms with Crippen LogP contribution in [0.25, 0.3) is 0 Å². The van der Waals surface area contributed by atoms with Crippen LogP contribution in [0.3, 0.4) is 0 Å². The second-order valence-corrected chi connectivity index (χ2v) is 4.25. The standard InChI is InChI=1S/C15H12F2O/c1-9-3-6-11(7-4-9)15(18)13-12(16)8-5-10(2)14(13)17/h3-8H,1-2H3. The van der Waals surface area contributed by atoms with Crippen molar-refractivity contribution in [1.82, 2.24) is 0 Å². The van der Waals surface area contributed by atoms with Crippen molar-refractivity contribution < 1.29 is 13.6 Å². The number of carbonyl (C=O) groups is 1. The van der Waals surface area contributed by atoms with Crippen LogP contribution in [0.5, 0.6) is 0 Å². The number of hydrogen-bond acceptors (Lipinski definition) is 1. The first-order valence-corrected chi connectivity index (χ1v) is 5.56. The Bertz CT molecular complexity index is 601. The molecule has 0 heterocycles. The van der Waals surface area contributed by atoms with Gasteiger partial charge in [-0.1, -0.05) is 35.9 Å². The molecule has 0 spiro atoms. The van der Waals surface area contributed by atoms with Gasteiger partial charge in [0.25, 0.3) is 0 Å². The molecule has 0 saturated heterocycles.